The third kappa shape index (κ3) is 4.40. The number of carboxylic acid groups (broad SMARTS) is 1. The van der Waals surface area contributed by atoms with Gasteiger partial charge in [0, 0.05) is 30.8 Å². The smallest absolute Gasteiger partial charge is 0.407 e. The van der Waals surface area contributed by atoms with Crippen LogP contribution >= 0.6 is 0 Å². The highest BCUT2D eigenvalue weighted by molar-refractivity contribution is 6.03. The van der Waals surface area contributed by atoms with Gasteiger partial charge in [-0.3, -0.25) is 4.79 Å². The zero-order valence-corrected chi connectivity index (χ0v) is 18.9. The molecule has 5 rings (SSSR count). The van der Waals surface area contributed by atoms with E-state index in [1.54, 1.807) is 23.1 Å². The van der Waals surface area contributed by atoms with Crippen LogP contribution in [-0.4, -0.2) is 42.8 Å². The first-order valence-electron chi connectivity index (χ1n) is 11.5. The summed E-state index contributed by atoms with van der Waals surface area (Å²) in [5.41, 5.74) is 6.39. The molecule has 35 heavy (non-hydrogen) atoms. The van der Waals surface area contributed by atoms with E-state index in [2.05, 4.69) is 29.6 Å². The number of carbonyl (C=O) groups excluding carboxylic acids is 2. The number of carbonyl (C=O) groups is 3. The van der Waals surface area contributed by atoms with Gasteiger partial charge in [-0.1, -0.05) is 54.6 Å². The van der Waals surface area contributed by atoms with Crippen LogP contribution in [0.15, 0.2) is 78.9 Å². The molecule has 0 saturated heterocycles. The molecule has 7 nitrogen and oxygen atoms in total. The van der Waals surface area contributed by atoms with E-state index in [1.165, 1.54) is 23.3 Å². The maximum absolute atomic E-state index is 12.6. The average molecular weight is 469 g/mol. The van der Waals surface area contributed by atoms with E-state index in [-0.39, 0.29) is 30.5 Å². The van der Waals surface area contributed by atoms with Crippen molar-refractivity contribution in [1.29, 1.82) is 0 Å². The molecule has 3 aromatic carbocycles. The summed E-state index contributed by atoms with van der Waals surface area (Å²) in [6.45, 7) is 0.869. The number of fused-ring (bicyclic) bond motifs is 4. The Morgan fingerprint density at radius 1 is 1.00 bits per heavy atom. The molecule has 0 atom stereocenters. The van der Waals surface area contributed by atoms with Crippen LogP contribution < -0.4 is 10.2 Å². The Hall–Kier alpha value is -4.39. The third-order valence-corrected chi connectivity index (χ3v) is 6.46. The first kappa shape index (κ1) is 22.4. The monoisotopic (exact) mass is 468 g/mol. The lowest BCUT2D eigenvalue weighted by molar-refractivity contribution is -0.114. The van der Waals surface area contributed by atoms with Crippen LogP contribution in [0.1, 0.15) is 33.0 Å². The van der Waals surface area contributed by atoms with Crippen molar-refractivity contribution in [1.82, 2.24) is 5.32 Å². The molecule has 0 bridgehead atoms. The van der Waals surface area contributed by atoms with Gasteiger partial charge in [-0.25, -0.2) is 9.59 Å². The molecule has 0 saturated carbocycles. The Kier molecular flexibility index (Phi) is 6.06. The molecule has 0 fully saturated rings. The summed E-state index contributed by atoms with van der Waals surface area (Å²) in [5, 5.41) is 11.8. The lowest BCUT2D eigenvalue weighted by atomic mass is 9.98. The Labute approximate surface area is 202 Å². The van der Waals surface area contributed by atoms with E-state index in [1.807, 2.05) is 24.3 Å². The van der Waals surface area contributed by atoms with Crippen molar-refractivity contribution in [2.24, 2.45) is 0 Å². The Morgan fingerprint density at radius 3 is 2.37 bits per heavy atom. The van der Waals surface area contributed by atoms with E-state index in [4.69, 9.17) is 9.84 Å². The van der Waals surface area contributed by atoms with Crippen LogP contribution in [0.2, 0.25) is 0 Å². The summed E-state index contributed by atoms with van der Waals surface area (Å²) >= 11 is 0. The maximum atomic E-state index is 12.6. The van der Waals surface area contributed by atoms with Gasteiger partial charge in [0.1, 0.15) is 6.61 Å². The van der Waals surface area contributed by atoms with Crippen LogP contribution in [0.25, 0.3) is 11.1 Å². The van der Waals surface area contributed by atoms with Gasteiger partial charge in [0.2, 0.25) is 0 Å². The van der Waals surface area contributed by atoms with Crippen LogP contribution in [0.3, 0.4) is 0 Å². The number of carboxylic acids is 1. The highest BCUT2D eigenvalue weighted by Crippen LogP contribution is 2.44. The molecule has 0 spiro atoms. The first-order chi connectivity index (χ1) is 17.0. The fraction of sp³-hybridized carbons (Fsp3) is 0.179. The second kappa shape index (κ2) is 9.46. The van der Waals surface area contributed by atoms with Gasteiger partial charge >= 0.3 is 12.1 Å². The van der Waals surface area contributed by atoms with Crippen molar-refractivity contribution in [3.05, 3.63) is 101 Å². The molecular formula is C28H24N2O5. The molecule has 1 heterocycles. The Bertz CT molecular complexity index is 1300. The number of nitrogens with zero attached hydrogens (tertiary/aromatic N) is 1. The minimum Gasteiger partial charge on any atom is -0.478 e. The molecule has 7 heteroatoms. The number of alkyl carbamates (subject to hydrolysis) is 1. The number of hydrogen-bond acceptors (Lipinski definition) is 4. The molecule has 0 unspecified atom stereocenters. The molecule has 0 radical (unpaired) electrons. The van der Waals surface area contributed by atoms with Gasteiger partial charge in [0.15, 0.2) is 0 Å². The SMILES string of the molecule is O=C(NC/C=C/C(=O)N1CCc2cc(C(=O)O)ccc21)OCC1c2ccccc2-c2ccccc21. The van der Waals surface area contributed by atoms with Crippen LogP contribution in [0.5, 0.6) is 0 Å². The number of hydrogen-bond donors (Lipinski definition) is 2. The molecule has 176 valence electrons. The normalized spacial score (nSPS) is 13.9. The van der Waals surface area contributed by atoms with Crippen molar-refractivity contribution >= 4 is 23.7 Å². The standard InChI is InChI=1S/C28H24N2O5/c31-26(30-15-13-18-16-19(27(32)33)11-12-25(18)30)10-5-14-29-28(34)35-17-24-22-8-3-1-6-20(22)21-7-2-4-9-23(21)24/h1-12,16,24H,13-15,17H2,(H,29,34)(H,32,33)/b10-5+. The summed E-state index contributed by atoms with van der Waals surface area (Å²) in [6.07, 6.45) is 3.04. The highest BCUT2D eigenvalue weighted by Gasteiger charge is 2.29. The Balaban J connectivity index is 1.13. The summed E-state index contributed by atoms with van der Waals surface area (Å²) in [7, 11) is 0. The quantitative estimate of drug-likeness (QED) is 0.524. The number of ether oxygens (including phenoxy) is 1. The molecule has 0 aromatic heterocycles. The molecular weight excluding hydrogens is 444 g/mol. The lowest BCUT2D eigenvalue weighted by Crippen LogP contribution is -2.28. The second-order valence-electron chi connectivity index (χ2n) is 8.50. The van der Waals surface area contributed by atoms with Crippen molar-refractivity contribution in [3.8, 4) is 11.1 Å². The zero-order chi connectivity index (χ0) is 24.4. The number of aromatic carboxylic acids is 1. The van der Waals surface area contributed by atoms with E-state index in [0.717, 1.165) is 16.7 Å². The summed E-state index contributed by atoms with van der Waals surface area (Å²) in [5.74, 6) is -1.22. The molecule has 3 aromatic rings. The van der Waals surface area contributed by atoms with Gasteiger partial charge < -0.3 is 20.1 Å². The molecule has 1 aliphatic carbocycles. The summed E-state index contributed by atoms with van der Waals surface area (Å²) < 4.78 is 5.50. The minimum atomic E-state index is -0.989. The summed E-state index contributed by atoms with van der Waals surface area (Å²) in [4.78, 5) is 37.6. The fourth-order valence-corrected chi connectivity index (χ4v) is 4.81. The second-order valence-corrected chi connectivity index (χ2v) is 8.50. The van der Waals surface area contributed by atoms with Crippen molar-refractivity contribution in [3.63, 3.8) is 0 Å². The molecule has 2 aliphatic rings. The van der Waals surface area contributed by atoms with Gasteiger partial charge in [0.05, 0.1) is 5.56 Å². The van der Waals surface area contributed by atoms with Crippen LogP contribution in [0, 0.1) is 0 Å². The molecule has 2 amide bonds. The van der Waals surface area contributed by atoms with Gasteiger partial charge in [0.25, 0.3) is 5.91 Å². The van der Waals surface area contributed by atoms with E-state index in [0.29, 0.717) is 18.7 Å². The molecule has 2 N–H and O–H groups in total. The number of rotatable bonds is 6. The number of anilines is 1. The van der Waals surface area contributed by atoms with Gasteiger partial charge in [-0.2, -0.15) is 0 Å². The predicted octanol–water partition coefficient (Wildman–Crippen LogP) is 4.37. The van der Waals surface area contributed by atoms with E-state index < -0.39 is 12.1 Å². The van der Waals surface area contributed by atoms with Crippen molar-refractivity contribution < 1.29 is 24.2 Å². The fourth-order valence-electron chi connectivity index (χ4n) is 4.81. The average Bonchev–Trinajstić information content (AvgIpc) is 3.44. The predicted molar refractivity (Wildman–Crippen MR) is 132 cm³/mol. The zero-order valence-electron chi connectivity index (χ0n) is 18.9. The third-order valence-electron chi connectivity index (χ3n) is 6.46. The van der Waals surface area contributed by atoms with Crippen LogP contribution in [-0.2, 0) is 16.0 Å². The Morgan fingerprint density at radius 2 is 1.69 bits per heavy atom. The minimum absolute atomic E-state index is 0.0119. The number of benzene rings is 3. The molecule has 1 aliphatic heterocycles. The largest absolute Gasteiger partial charge is 0.478 e. The van der Waals surface area contributed by atoms with Crippen LogP contribution in [0.4, 0.5) is 10.5 Å². The maximum Gasteiger partial charge on any atom is 0.407 e. The van der Waals surface area contributed by atoms with Gasteiger partial charge in [-0.15, -0.1) is 0 Å². The van der Waals surface area contributed by atoms with E-state index in [9.17, 15) is 14.4 Å². The van der Waals surface area contributed by atoms with Crippen molar-refractivity contribution in [2.45, 2.75) is 12.3 Å². The number of nitrogens with one attached hydrogen (secondary N) is 1. The van der Waals surface area contributed by atoms with E-state index >= 15 is 0 Å². The summed E-state index contributed by atoms with van der Waals surface area (Å²) in [6, 6.07) is 21.0. The lowest BCUT2D eigenvalue weighted by Gasteiger charge is -2.15. The topological polar surface area (TPSA) is 95.9 Å². The van der Waals surface area contributed by atoms with Crippen molar-refractivity contribution in [2.75, 3.05) is 24.6 Å². The highest BCUT2D eigenvalue weighted by atomic mass is 16.5. The van der Waals surface area contributed by atoms with Gasteiger partial charge in [-0.05, 0) is 52.4 Å². The first-order valence-corrected chi connectivity index (χ1v) is 11.5. The number of amides is 2.